The molecule has 0 saturated carbocycles. The highest BCUT2D eigenvalue weighted by Gasteiger charge is 2.46. The zero-order chi connectivity index (χ0) is 28.9. The van der Waals surface area contributed by atoms with Crippen LogP contribution in [0.3, 0.4) is 0 Å². The molecule has 2 unspecified atom stereocenters. The molecule has 2 aliphatic rings. The molecule has 11 heteroatoms. The summed E-state index contributed by atoms with van der Waals surface area (Å²) in [7, 11) is 0. The van der Waals surface area contributed by atoms with Crippen molar-refractivity contribution in [3.8, 4) is 17.1 Å². The molecule has 1 amide bonds. The van der Waals surface area contributed by atoms with E-state index in [2.05, 4.69) is 15.3 Å². The minimum absolute atomic E-state index is 0.0605. The molecule has 2 aromatic carbocycles. The van der Waals surface area contributed by atoms with Crippen molar-refractivity contribution in [1.29, 1.82) is 0 Å². The highest BCUT2D eigenvalue weighted by molar-refractivity contribution is 8.00. The van der Waals surface area contributed by atoms with Crippen molar-refractivity contribution in [3.05, 3.63) is 92.5 Å². The summed E-state index contributed by atoms with van der Waals surface area (Å²) in [6.45, 7) is 4.50. The third-order valence-corrected chi connectivity index (χ3v) is 9.03. The number of nitrogens with one attached hydrogen (secondary N) is 2. The van der Waals surface area contributed by atoms with Gasteiger partial charge in [0.25, 0.3) is 5.56 Å². The molecule has 2 aromatic heterocycles. The first-order valence-corrected chi connectivity index (χ1v) is 15.3. The van der Waals surface area contributed by atoms with Crippen molar-refractivity contribution in [1.82, 2.24) is 20.2 Å². The van der Waals surface area contributed by atoms with E-state index in [9.17, 15) is 19.5 Å². The summed E-state index contributed by atoms with van der Waals surface area (Å²) in [6, 6.07) is 18.1. The van der Waals surface area contributed by atoms with Gasteiger partial charge in [0.15, 0.2) is 0 Å². The number of aromatic nitrogens is 2. The molecule has 1 fully saturated rings. The van der Waals surface area contributed by atoms with Gasteiger partial charge in [0.05, 0.1) is 34.3 Å². The quantitative estimate of drug-likeness (QED) is 0.274. The van der Waals surface area contributed by atoms with Gasteiger partial charge < -0.3 is 25.0 Å². The van der Waals surface area contributed by atoms with Gasteiger partial charge in [-0.1, -0.05) is 44.2 Å². The molecule has 4 aromatic rings. The van der Waals surface area contributed by atoms with Gasteiger partial charge in [-0.3, -0.25) is 9.59 Å². The van der Waals surface area contributed by atoms with Gasteiger partial charge in [0.2, 0.25) is 5.91 Å². The third-order valence-electron chi connectivity index (χ3n) is 6.72. The molecule has 9 nitrogen and oxygen atoms in total. The van der Waals surface area contributed by atoms with E-state index >= 15 is 0 Å². The Morgan fingerprint density at radius 1 is 1.12 bits per heavy atom. The minimum atomic E-state index is -1.02. The van der Waals surface area contributed by atoms with E-state index in [-0.39, 0.29) is 35.2 Å². The van der Waals surface area contributed by atoms with Gasteiger partial charge in [-0.25, -0.2) is 9.78 Å². The molecule has 4 heterocycles. The number of amides is 1. The lowest BCUT2D eigenvalue weighted by atomic mass is 10.0. The summed E-state index contributed by atoms with van der Waals surface area (Å²) >= 11 is 3.13. The number of H-pyrrole nitrogens is 1. The van der Waals surface area contributed by atoms with Crippen LogP contribution >= 0.6 is 23.1 Å². The number of carboxylic acids is 1. The summed E-state index contributed by atoms with van der Waals surface area (Å²) in [5.74, 6) is 0.255. The number of benzene rings is 2. The lowest BCUT2D eigenvalue weighted by Crippen LogP contribution is -2.66. The molecule has 0 aliphatic carbocycles. The van der Waals surface area contributed by atoms with Crippen molar-refractivity contribution in [2.75, 3.05) is 18.9 Å². The lowest BCUT2D eigenvalue weighted by Gasteiger charge is -2.52. The fraction of sp³-hybridized carbons (Fsp3) is 0.267. The zero-order valence-corrected chi connectivity index (χ0v) is 24.3. The summed E-state index contributed by atoms with van der Waals surface area (Å²) in [6.07, 6.45) is 0.322. The molecule has 212 valence electrons. The zero-order valence-electron chi connectivity index (χ0n) is 22.6. The number of nitrogens with zero attached hydrogens (tertiary/aromatic N) is 2. The lowest BCUT2D eigenvalue weighted by molar-refractivity contribution is -0.135. The highest BCUT2D eigenvalue weighted by atomic mass is 32.2. The second-order valence-corrected chi connectivity index (χ2v) is 11.4. The van der Waals surface area contributed by atoms with Gasteiger partial charge in [0, 0.05) is 22.7 Å². The maximum atomic E-state index is 12.6. The number of carbonyl (C=O) groups is 2. The number of fused-ring (bicyclic) bond motifs is 2. The van der Waals surface area contributed by atoms with Crippen LogP contribution in [0.15, 0.2) is 82.1 Å². The number of carbonyl (C=O) groups excluding carboxylic acids is 1. The van der Waals surface area contributed by atoms with E-state index in [1.165, 1.54) is 11.3 Å². The first-order chi connectivity index (χ1) is 20.0. The molecule has 3 N–H and O–H groups in total. The molecule has 1 saturated heterocycles. The molecule has 0 bridgehead atoms. The average Bonchev–Trinajstić information content (AvgIpc) is 3.48. The van der Waals surface area contributed by atoms with E-state index in [1.54, 1.807) is 42.1 Å². The van der Waals surface area contributed by atoms with Crippen molar-refractivity contribution >= 4 is 45.9 Å². The van der Waals surface area contributed by atoms with E-state index in [4.69, 9.17) is 4.74 Å². The number of aromatic amines is 1. The highest BCUT2D eigenvalue weighted by Crippen LogP contribution is 2.40. The van der Waals surface area contributed by atoms with Gasteiger partial charge in [-0.2, -0.15) is 0 Å². The van der Waals surface area contributed by atoms with E-state index < -0.39 is 5.97 Å². The van der Waals surface area contributed by atoms with Gasteiger partial charge in [-0.05, 0) is 35.7 Å². The van der Waals surface area contributed by atoms with Crippen LogP contribution in [0.25, 0.3) is 22.3 Å². The van der Waals surface area contributed by atoms with Crippen LogP contribution in [0.2, 0.25) is 0 Å². The smallest absolute Gasteiger partial charge is 0.352 e. The SMILES string of the molecule is CC.O=C(Cc1cccs1)NC1CN2C(C(=O)O)=C(COc3ccccc3-c3nc4ccccc4c(=O)[nH]3)CSC12. The Bertz CT molecular complexity index is 1650. The Hall–Kier alpha value is -4.09. The Morgan fingerprint density at radius 3 is 2.68 bits per heavy atom. The Labute approximate surface area is 245 Å². The van der Waals surface area contributed by atoms with Crippen LogP contribution in [0.4, 0.5) is 0 Å². The number of hydrogen-bond acceptors (Lipinski definition) is 8. The number of hydrogen-bond donors (Lipinski definition) is 3. The number of rotatable bonds is 8. The van der Waals surface area contributed by atoms with Crippen LogP contribution in [-0.4, -0.2) is 62.2 Å². The number of thioether (sulfide) groups is 1. The van der Waals surface area contributed by atoms with Gasteiger partial charge in [-0.15, -0.1) is 23.1 Å². The van der Waals surface area contributed by atoms with Crippen LogP contribution < -0.4 is 15.6 Å². The number of ether oxygens (including phenoxy) is 1. The van der Waals surface area contributed by atoms with Crippen molar-refractivity contribution in [2.45, 2.75) is 31.7 Å². The molecule has 0 radical (unpaired) electrons. The molecular weight excluding hydrogens is 560 g/mol. The third kappa shape index (κ3) is 6.01. The summed E-state index contributed by atoms with van der Waals surface area (Å²) in [5.41, 5.74) is 1.81. The van der Waals surface area contributed by atoms with Crippen LogP contribution in [-0.2, 0) is 16.0 Å². The molecule has 0 spiro atoms. The minimum Gasteiger partial charge on any atom is -0.488 e. The second kappa shape index (κ2) is 12.6. The van der Waals surface area contributed by atoms with Gasteiger partial charge >= 0.3 is 5.97 Å². The van der Waals surface area contributed by atoms with E-state index in [0.717, 1.165) is 4.88 Å². The van der Waals surface area contributed by atoms with Crippen LogP contribution in [0, 0.1) is 0 Å². The fourth-order valence-corrected chi connectivity index (χ4v) is 6.92. The molecule has 2 aliphatic heterocycles. The fourth-order valence-electron chi connectivity index (χ4n) is 4.86. The standard InChI is InChI=1S/C28H24N4O5S2.C2H6/c33-23(12-17-6-5-11-38-17)29-21-13-32-24(28(35)36)16(15-39-27(21)32)14-37-22-10-4-2-8-19(22)25-30-20-9-3-1-7-18(20)26(34)31-25;1-2/h1-11,21,27H,12-15H2,(H,29,33)(H,35,36)(H,30,31,34);1-2H3. The largest absolute Gasteiger partial charge is 0.488 e. The molecule has 6 rings (SSSR count). The monoisotopic (exact) mass is 590 g/mol. The van der Waals surface area contributed by atoms with Crippen molar-refractivity contribution in [2.24, 2.45) is 0 Å². The molecule has 2 atom stereocenters. The van der Waals surface area contributed by atoms with Crippen molar-refractivity contribution < 1.29 is 19.4 Å². The van der Waals surface area contributed by atoms with E-state index in [1.807, 2.05) is 54.5 Å². The number of aliphatic carboxylic acids is 1. The van der Waals surface area contributed by atoms with Gasteiger partial charge in [0.1, 0.15) is 23.9 Å². The number of para-hydroxylation sites is 2. The Balaban J connectivity index is 0.00000165. The summed E-state index contributed by atoms with van der Waals surface area (Å²) in [5, 5.41) is 15.4. The predicted octanol–water partition coefficient (Wildman–Crippen LogP) is 4.51. The average molecular weight is 591 g/mol. The van der Waals surface area contributed by atoms with E-state index in [0.29, 0.717) is 52.3 Å². The number of carboxylic acid groups (broad SMARTS) is 1. The Kier molecular flexibility index (Phi) is 8.75. The summed E-state index contributed by atoms with van der Waals surface area (Å²) in [4.78, 5) is 47.6. The topological polar surface area (TPSA) is 125 Å². The van der Waals surface area contributed by atoms with Crippen LogP contribution in [0.1, 0.15) is 18.7 Å². The second-order valence-electron chi connectivity index (χ2n) is 9.26. The molecular formula is C30H30N4O5S2. The maximum absolute atomic E-state index is 12.6. The van der Waals surface area contributed by atoms with Crippen molar-refractivity contribution in [3.63, 3.8) is 0 Å². The normalized spacial score (nSPS) is 17.7. The first-order valence-electron chi connectivity index (χ1n) is 13.3. The molecule has 41 heavy (non-hydrogen) atoms. The number of thiophene rings is 1. The van der Waals surface area contributed by atoms with Crippen LogP contribution in [0.5, 0.6) is 5.75 Å². The first kappa shape index (κ1) is 28.4. The predicted molar refractivity (Wildman–Crippen MR) is 162 cm³/mol. The summed E-state index contributed by atoms with van der Waals surface area (Å²) < 4.78 is 6.13. The Morgan fingerprint density at radius 2 is 1.90 bits per heavy atom. The maximum Gasteiger partial charge on any atom is 0.352 e.